The fourth-order valence-electron chi connectivity index (χ4n) is 6.08. The van der Waals surface area contributed by atoms with Gasteiger partial charge in [0.15, 0.2) is 17.3 Å². The first-order valence-electron chi connectivity index (χ1n) is 15.5. The molecule has 2 aliphatic carbocycles. The Balaban J connectivity index is 1.26. The summed E-state index contributed by atoms with van der Waals surface area (Å²) in [7, 11) is 3.24. The summed E-state index contributed by atoms with van der Waals surface area (Å²) in [5.74, 6) is 1.60. The van der Waals surface area contributed by atoms with E-state index in [4.69, 9.17) is 14.7 Å². The number of pyridine rings is 1. The molecule has 0 atom stereocenters. The minimum atomic E-state index is -4.54. The van der Waals surface area contributed by atoms with Gasteiger partial charge in [-0.1, -0.05) is 24.3 Å². The molecular weight excluding hydrogens is 625 g/mol. The van der Waals surface area contributed by atoms with Crippen LogP contribution in [0.25, 0.3) is 45.2 Å². The van der Waals surface area contributed by atoms with Crippen LogP contribution in [0, 0.1) is 6.92 Å². The molecule has 8 rings (SSSR count). The zero-order valence-corrected chi connectivity index (χ0v) is 26.2. The average molecular weight is 655 g/mol. The normalized spacial score (nSPS) is 15.0. The molecule has 5 aromatic heterocycles. The lowest BCUT2D eigenvalue weighted by molar-refractivity contribution is -0.140. The number of alkyl halides is 3. The summed E-state index contributed by atoms with van der Waals surface area (Å²) < 4.78 is 50.9. The first-order chi connectivity index (χ1) is 23.1. The molecule has 244 valence electrons. The van der Waals surface area contributed by atoms with Crippen LogP contribution >= 0.6 is 0 Å². The molecule has 0 bridgehead atoms. The quantitative estimate of drug-likeness (QED) is 0.209. The number of ether oxygens (including phenoxy) is 1. The van der Waals surface area contributed by atoms with E-state index >= 15 is 0 Å². The highest BCUT2D eigenvalue weighted by Crippen LogP contribution is 2.45. The summed E-state index contributed by atoms with van der Waals surface area (Å²) in [4.78, 5) is 41.2. The van der Waals surface area contributed by atoms with Gasteiger partial charge in [0.25, 0.3) is 5.56 Å². The standard InChI is InChI=1S/C33H29F3N10O2/c1-17-22-12-23(29-38-16-40-44(29)2)32(47)46(30(22)43-27(41-17)25-26(19-8-9-19)37-15-39-31(25)48-3)13-18-4-6-20(7-5-18)28-42-24(33(34,35)36)14-45(28)21-10-11-21/h4-7,12,14-16,19,21H,8-11,13H2,1-3H3. The van der Waals surface area contributed by atoms with Gasteiger partial charge in [-0.05, 0) is 44.2 Å². The highest BCUT2D eigenvalue weighted by Gasteiger charge is 2.37. The summed E-state index contributed by atoms with van der Waals surface area (Å²) in [6.07, 6.45) is 2.99. The first kappa shape index (κ1) is 29.9. The SMILES string of the molecule is COc1ncnc(C2CC2)c1-c1nc(C)c2cc(-c3ncnn3C)c(=O)n(Cc3ccc(-c4nc(C(F)(F)F)cn4C4CC4)cc3)c2n1. The number of fused-ring (bicyclic) bond motifs is 1. The van der Waals surface area contributed by atoms with Crippen LogP contribution in [0.2, 0.25) is 0 Å². The van der Waals surface area contributed by atoms with Crippen LogP contribution in [-0.4, -0.2) is 55.9 Å². The maximum Gasteiger partial charge on any atom is 0.434 e. The van der Waals surface area contributed by atoms with Gasteiger partial charge in [-0.25, -0.2) is 34.6 Å². The molecule has 12 nitrogen and oxygen atoms in total. The molecule has 2 fully saturated rings. The van der Waals surface area contributed by atoms with Gasteiger partial charge in [-0.15, -0.1) is 0 Å². The predicted molar refractivity (Wildman–Crippen MR) is 168 cm³/mol. The molecule has 48 heavy (non-hydrogen) atoms. The molecule has 0 saturated heterocycles. The molecule has 2 saturated carbocycles. The van der Waals surface area contributed by atoms with Crippen molar-refractivity contribution in [1.29, 1.82) is 0 Å². The number of methoxy groups -OCH3 is 1. The monoisotopic (exact) mass is 654 g/mol. The number of aromatic nitrogens is 10. The van der Waals surface area contributed by atoms with Crippen LogP contribution in [0.15, 0.2) is 54.0 Å². The number of hydrogen-bond donors (Lipinski definition) is 0. The van der Waals surface area contributed by atoms with Crippen molar-refractivity contribution in [3.8, 4) is 40.0 Å². The van der Waals surface area contributed by atoms with Crippen molar-refractivity contribution in [2.24, 2.45) is 7.05 Å². The molecule has 15 heteroatoms. The summed E-state index contributed by atoms with van der Waals surface area (Å²) >= 11 is 0. The average Bonchev–Trinajstić information content (AvgIpc) is 4.01. The van der Waals surface area contributed by atoms with Crippen LogP contribution in [-0.2, 0) is 19.8 Å². The van der Waals surface area contributed by atoms with Crippen LogP contribution in [0.5, 0.6) is 5.88 Å². The van der Waals surface area contributed by atoms with Crippen molar-refractivity contribution >= 4 is 11.0 Å². The lowest BCUT2D eigenvalue weighted by atomic mass is 10.1. The molecule has 5 heterocycles. The largest absolute Gasteiger partial charge is 0.480 e. The summed E-state index contributed by atoms with van der Waals surface area (Å²) in [6.45, 7) is 1.96. The Morgan fingerprint density at radius 3 is 2.38 bits per heavy atom. The topological polar surface area (TPSA) is 131 Å². The molecule has 0 unspecified atom stereocenters. The second-order valence-electron chi connectivity index (χ2n) is 12.2. The van der Waals surface area contributed by atoms with Gasteiger partial charge in [0.05, 0.1) is 30.6 Å². The van der Waals surface area contributed by atoms with Crippen molar-refractivity contribution in [3.63, 3.8) is 0 Å². The fraction of sp³-hybridized carbons (Fsp3) is 0.333. The Kier molecular flexibility index (Phi) is 6.89. The van der Waals surface area contributed by atoms with Crippen molar-refractivity contribution in [1.82, 2.24) is 48.8 Å². The molecular formula is C33H29F3N10O2. The third-order valence-corrected chi connectivity index (χ3v) is 8.83. The van der Waals surface area contributed by atoms with Gasteiger partial charge in [0.1, 0.15) is 29.7 Å². The molecule has 0 spiro atoms. The number of nitrogens with zero attached hydrogens (tertiary/aromatic N) is 10. The van der Waals surface area contributed by atoms with Gasteiger partial charge in [-0.3, -0.25) is 9.36 Å². The summed E-state index contributed by atoms with van der Waals surface area (Å²) in [6, 6.07) is 8.78. The van der Waals surface area contributed by atoms with E-state index in [1.807, 2.05) is 6.92 Å². The number of rotatable bonds is 8. The number of aryl methyl sites for hydroxylation is 2. The van der Waals surface area contributed by atoms with Crippen molar-refractivity contribution < 1.29 is 17.9 Å². The Morgan fingerprint density at radius 2 is 1.73 bits per heavy atom. The third kappa shape index (κ3) is 5.18. The minimum absolute atomic E-state index is 0.00255. The molecule has 6 aromatic rings. The Morgan fingerprint density at radius 1 is 0.958 bits per heavy atom. The molecule has 0 amide bonds. The highest BCUT2D eigenvalue weighted by atomic mass is 19.4. The second kappa shape index (κ2) is 11.1. The van der Waals surface area contributed by atoms with Crippen molar-refractivity contribution in [2.45, 2.75) is 57.3 Å². The van der Waals surface area contributed by atoms with E-state index in [0.717, 1.165) is 43.1 Å². The van der Waals surface area contributed by atoms with Crippen molar-refractivity contribution in [2.75, 3.05) is 7.11 Å². The van der Waals surface area contributed by atoms with E-state index in [-0.39, 0.29) is 29.9 Å². The van der Waals surface area contributed by atoms with Gasteiger partial charge in [-0.2, -0.15) is 18.3 Å². The number of halogens is 3. The summed E-state index contributed by atoms with van der Waals surface area (Å²) in [5.41, 5.74) is 2.77. The smallest absolute Gasteiger partial charge is 0.434 e. The van der Waals surface area contributed by atoms with E-state index in [1.54, 1.807) is 46.5 Å². The van der Waals surface area contributed by atoms with E-state index in [9.17, 15) is 18.0 Å². The van der Waals surface area contributed by atoms with Gasteiger partial charge in [0, 0.05) is 36.2 Å². The zero-order chi connectivity index (χ0) is 33.3. The van der Waals surface area contributed by atoms with E-state index in [2.05, 4.69) is 25.0 Å². The van der Waals surface area contributed by atoms with Crippen LogP contribution in [0.3, 0.4) is 0 Å². The molecule has 0 N–H and O–H groups in total. The van der Waals surface area contributed by atoms with E-state index in [0.29, 0.717) is 50.9 Å². The van der Waals surface area contributed by atoms with Gasteiger partial charge < -0.3 is 9.30 Å². The lowest BCUT2D eigenvalue weighted by Gasteiger charge is -2.16. The Labute approximate surface area is 271 Å². The second-order valence-corrected chi connectivity index (χ2v) is 12.2. The molecule has 0 radical (unpaired) electrons. The van der Waals surface area contributed by atoms with Crippen LogP contribution < -0.4 is 10.3 Å². The number of hydrogen-bond acceptors (Lipinski definition) is 9. The van der Waals surface area contributed by atoms with Crippen LogP contribution in [0.1, 0.15) is 60.3 Å². The fourth-order valence-corrected chi connectivity index (χ4v) is 6.08. The predicted octanol–water partition coefficient (Wildman–Crippen LogP) is 5.50. The maximum atomic E-state index is 14.3. The number of benzene rings is 1. The van der Waals surface area contributed by atoms with Gasteiger partial charge >= 0.3 is 6.18 Å². The molecule has 1 aromatic carbocycles. The van der Waals surface area contributed by atoms with Gasteiger partial charge in [0.2, 0.25) is 5.88 Å². The lowest BCUT2D eigenvalue weighted by Crippen LogP contribution is -2.25. The zero-order valence-electron chi connectivity index (χ0n) is 26.2. The third-order valence-electron chi connectivity index (χ3n) is 8.83. The minimum Gasteiger partial charge on any atom is -0.480 e. The Hall–Kier alpha value is -5.47. The highest BCUT2D eigenvalue weighted by molar-refractivity contribution is 5.84. The first-order valence-corrected chi connectivity index (χ1v) is 15.5. The molecule has 2 aliphatic rings. The Bertz CT molecular complexity index is 2270. The van der Waals surface area contributed by atoms with Crippen LogP contribution in [0.4, 0.5) is 13.2 Å². The van der Waals surface area contributed by atoms with E-state index < -0.39 is 11.9 Å². The molecule has 0 aliphatic heterocycles. The number of imidazole rings is 1. The summed E-state index contributed by atoms with van der Waals surface area (Å²) in [5, 5.41) is 4.80. The maximum absolute atomic E-state index is 14.3. The van der Waals surface area contributed by atoms with E-state index in [1.165, 1.54) is 24.4 Å². The van der Waals surface area contributed by atoms with Crippen molar-refractivity contribution in [3.05, 3.63) is 82.2 Å².